The number of piperidine rings is 1. The Morgan fingerprint density at radius 1 is 1.20 bits per heavy atom. The fourth-order valence-electron chi connectivity index (χ4n) is 2.93. The molecule has 1 amide bonds. The molecule has 2 heterocycles. The molecule has 2 aliphatic heterocycles. The third-order valence-corrected chi connectivity index (χ3v) is 3.86. The highest BCUT2D eigenvalue weighted by atomic mass is 16.2. The van der Waals surface area contributed by atoms with Gasteiger partial charge in [-0.15, -0.1) is 0 Å². The number of rotatable bonds is 1. The lowest BCUT2D eigenvalue weighted by Gasteiger charge is -2.40. The van der Waals surface area contributed by atoms with E-state index in [0.29, 0.717) is 18.0 Å². The van der Waals surface area contributed by atoms with Gasteiger partial charge in [0.15, 0.2) is 0 Å². The number of nitrogens with zero attached hydrogens (tertiary/aromatic N) is 1. The summed E-state index contributed by atoms with van der Waals surface area (Å²) in [6.07, 6.45) is 4.65. The van der Waals surface area contributed by atoms with Gasteiger partial charge in [0, 0.05) is 18.6 Å². The molecule has 2 rings (SSSR count). The van der Waals surface area contributed by atoms with Crippen molar-refractivity contribution in [2.75, 3.05) is 13.1 Å². The standard InChI is InChI=1S/C12H22N2O/c1-9-4-3-5-10(2)14(9)12(15)11-6-7-13-8-11/h9-11,13H,3-8H2,1-2H3/t9?,10?,11-/m0/s1. The molecule has 0 aromatic rings. The van der Waals surface area contributed by atoms with Gasteiger partial charge in [0.1, 0.15) is 0 Å². The predicted molar refractivity (Wildman–Crippen MR) is 60.6 cm³/mol. The van der Waals surface area contributed by atoms with E-state index in [4.69, 9.17) is 0 Å². The molecule has 3 heteroatoms. The van der Waals surface area contributed by atoms with Crippen molar-refractivity contribution in [3.05, 3.63) is 0 Å². The number of nitrogens with one attached hydrogen (secondary N) is 1. The number of amides is 1. The Morgan fingerprint density at radius 3 is 2.40 bits per heavy atom. The van der Waals surface area contributed by atoms with Crippen molar-refractivity contribution in [3.63, 3.8) is 0 Å². The molecular formula is C12H22N2O. The second kappa shape index (κ2) is 4.52. The molecule has 0 aromatic carbocycles. The highest BCUT2D eigenvalue weighted by Crippen LogP contribution is 2.25. The zero-order valence-electron chi connectivity index (χ0n) is 9.83. The van der Waals surface area contributed by atoms with Crippen LogP contribution in [0.4, 0.5) is 0 Å². The van der Waals surface area contributed by atoms with Crippen LogP contribution in [-0.2, 0) is 4.79 Å². The Balaban J connectivity index is 2.02. The Morgan fingerprint density at radius 2 is 1.87 bits per heavy atom. The molecule has 2 unspecified atom stereocenters. The summed E-state index contributed by atoms with van der Waals surface area (Å²) in [6.45, 7) is 6.27. The van der Waals surface area contributed by atoms with Gasteiger partial charge in [0.2, 0.25) is 5.91 Å². The Kier molecular flexibility index (Phi) is 3.29. The minimum atomic E-state index is 0.244. The first-order valence-electron chi connectivity index (χ1n) is 6.23. The maximum atomic E-state index is 12.3. The van der Waals surface area contributed by atoms with Crippen molar-refractivity contribution >= 4 is 5.91 Å². The first-order chi connectivity index (χ1) is 7.20. The number of hydrogen-bond donors (Lipinski definition) is 1. The molecule has 3 nitrogen and oxygen atoms in total. The summed E-state index contributed by atoms with van der Waals surface area (Å²) in [5.41, 5.74) is 0. The average Bonchev–Trinajstić information content (AvgIpc) is 2.69. The van der Waals surface area contributed by atoms with Crippen molar-refractivity contribution in [3.8, 4) is 0 Å². The maximum absolute atomic E-state index is 12.3. The van der Waals surface area contributed by atoms with Gasteiger partial charge in [0.05, 0.1) is 5.92 Å². The molecular weight excluding hydrogens is 188 g/mol. The lowest BCUT2D eigenvalue weighted by Crippen LogP contribution is -2.50. The average molecular weight is 210 g/mol. The third kappa shape index (κ3) is 2.17. The van der Waals surface area contributed by atoms with Gasteiger partial charge in [-0.25, -0.2) is 0 Å². The molecule has 0 aromatic heterocycles. The summed E-state index contributed by atoms with van der Waals surface area (Å²) in [5.74, 6) is 0.632. The summed E-state index contributed by atoms with van der Waals surface area (Å²) in [6, 6.07) is 0.892. The molecule has 2 aliphatic rings. The van der Waals surface area contributed by atoms with Crippen LogP contribution in [0.5, 0.6) is 0 Å². The van der Waals surface area contributed by atoms with E-state index in [0.717, 1.165) is 19.5 Å². The van der Waals surface area contributed by atoms with Crippen molar-refractivity contribution in [1.29, 1.82) is 0 Å². The van der Waals surface area contributed by atoms with Gasteiger partial charge in [-0.05, 0) is 46.1 Å². The zero-order valence-corrected chi connectivity index (χ0v) is 9.83. The van der Waals surface area contributed by atoms with Crippen LogP contribution < -0.4 is 5.32 Å². The zero-order chi connectivity index (χ0) is 10.8. The highest BCUT2D eigenvalue weighted by Gasteiger charge is 2.34. The van der Waals surface area contributed by atoms with E-state index in [1.165, 1.54) is 19.3 Å². The quantitative estimate of drug-likeness (QED) is 0.709. The van der Waals surface area contributed by atoms with Crippen molar-refractivity contribution in [2.45, 2.75) is 51.6 Å². The number of carbonyl (C=O) groups excluding carboxylic acids is 1. The second-order valence-electron chi connectivity index (χ2n) is 5.06. The summed E-state index contributed by atoms with van der Waals surface area (Å²) in [4.78, 5) is 14.4. The van der Waals surface area contributed by atoms with E-state index >= 15 is 0 Å². The fourth-order valence-corrected chi connectivity index (χ4v) is 2.93. The first-order valence-corrected chi connectivity index (χ1v) is 6.23. The molecule has 2 fully saturated rings. The molecule has 0 saturated carbocycles. The van der Waals surface area contributed by atoms with Crippen LogP contribution >= 0.6 is 0 Å². The smallest absolute Gasteiger partial charge is 0.227 e. The van der Waals surface area contributed by atoms with E-state index in [1.54, 1.807) is 0 Å². The lowest BCUT2D eigenvalue weighted by molar-refractivity contribution is -0.141. The van der Waals surface area contributed by atoms with Crippen LogP contribution in [0.1, 0.15) is 39.5 Å². The molecule has 0 bridgehead atoms. The Hall–Kier alpha value is -0.570. The summed E-state index contributed by atoms with van der Waals surface area (Å²) in [7, 11) is 0. The van der Waals surface area contributed by atoms with Crippen LogP contribution in [0.25, 0.3) is 0 Å². The largest absolute Gasteiger partial charge is 0.337 e. The van der Waals surface area contributed by atoms with Crippen molar-refractivity contribution in [2.24, 2.45) is 5.92 Å². The molecule has 0 aliphatic carbocycles. The number of carbonyl (C=O) groups is 1. The van der Waals surface area contributed by atoms with Gasteiger partial charge >= 0.3 is 0 Å². The minimum Gasteiger partial charge on any atom is -0.337 e. The third-order valence-electron chi connectivity index (χ3n) is 3.86. The number of hydrogen-bond acceptors (Lipinski definition) is 2. The molecule has 3 atom stereocenters. The summed E-state index contributed by atoms with van der Waals surface area (Å²) >= 11 is 0. The van der Waals surface area contributed by atoms with E-state index in [1.807, 2.05) is 0 Å². The van der Waals surface area contributed by atoms with Crippen LogP contribution in [0.15, 0.2) is 0 Å². The van der Waals surface area contributed by atoms with Gasteiger partial charge in [-0.3, -0.25) is 4.79 Å². The molecule has 0 radical (unpaired) electrons. The normalized spacial score (nSPS) is 36.9. The maximum Gasteiger partial charge on any atom is 0.227 e. The number of likely N-dealkylation sites (tertiary alicyclic amines) is 1. The van der Waals surface area contributed by atoms with E-state index in [-0.39, 0.29) is 5.92 Å². The van der Waals surface area contributed by atoms with Crippen LogP contribution in [0.3, 0.4) is 0 Å². The van der Waals surface area contributed by atoms with Gasteiger partial charge in [-0.2, -0.15) is 0 Å². The minimum absolute atomic E-state index is 0.244. The lowest BCUT2D eigenvalue weighted by atomic mass is 9.95. The van der Waals surface area contributed by atoms with Crippen molar-refractivity contribution < 1.29 is 4.79 Å². The molecule has 1 N–H and O–H groups in total. The van der Waals surface area contributed by atoms with Gasteiger partial charge in [-0.1, -0.05) is 0 Å². The Labute approximate surface area is 92.2 Å². The van der Waals surface area contributed by atoms with Crippen molar-refractivity contribution in [1.82, 2.24) is 10.2 Å². The molecule has 15 heavy (non-hydrogen) atoms. The van der Waals surface area contributed by atoms with E-state index in [9.17, 15) is 4.79 Å². The monoisotopic (exact) mass is 210 g/mol. The predicted octanol–water partition coefficient (Wildman–Crippen LogP) is 1.39. The van der Waals surface area contributed by atoms with Crippen LogP contribution in [-0.4, -0.2) is 36.0 Å². The Bertz CT molecular complexity index is 226. The van der Waals surface area contributed by atoms with E-state index in [2.05, 4.69) is 24.1 Å². The highest BCUT2D eigenvalue weighted by molar-refractivity contribution is 5.80. The van der Waals surface area contributed by atoms with E-state index < -0.39 is 0 Å². The SMILES string of the molecule is CC1CCCC(C)N1C(=O)[C@H]1CCNC1. The topological polar surface area (TPSA) is 32.3 Å². The van der Waals surface area contributed by atoms with Crippen LogP contribution in [0, 0.1) is 5.92 Å². The molecule has 2 saturated heterocycles. The summed E-state index contributed by atoms with van der Waals surface area (Å²) < 4.78 is 0. The van der Waals surface area contributed by atoms with Gasteiger partial charge < -0.3 is 10.2 Å². The van der Waals surface area contributed by atoms with Gasteiger partial charge in [0.25, 0.3) is 0 Å². The second-order valence-corrected chi connectivity index (χ2v) is 5.06. The molecule has 0 spiro atoms. The van der Waals surface area contributed by atoms with Crippen LogP contribution in [0.2, 0.25) is 0 Å². The fraction of sp³-hybridized carbons (Fsp3) is 0.917. The molecule has 86 valence electrons. The summed E-state index contributed by atoms with van der Waals surface area (Å²) in [5, 5.41) is 3.27. The first kappa shape index (κ1) is 10.9.